The van der Waals surface area contributed by atoms with Crippen molar-refractivity contribution in [3.8, 4) is 0 Å². The number of fused-ring (bicyclic) bond motifs is 2. The van der Waals surface area contributed by atoms with Crippen molar-refractivity contribution in [2.45, 2.75) is 65.4 Å². The van der Waals surface area contributed by atoms with Crippen molar-refractivity contribution in [2.24, 2.45) is 29.2 Å². The normalized spacial score (nSPS) is 36.7. The van der Waals surface area contributed by atoms with Gasteiger partial charge in [-0.2, -0.15) is 0 Å². The van der Waals surface area contributed by atoms with Gasteiger partial charge in [0.2, 0.25) is 5.91 Å². The lowest BCUT2D eigenvalue weighted by molar-refractivity contribution is -0.149. The van der Waals surface area contributed by atoms with Crippen molar-refractivity contribution in [2.75, 3.05) is 13.1 Å². The molecule has 1 saturated heterocycles. The number of nitrogens with zero attached hydrogens (tertiary/aromatic N) is 4. The number of carbonyl (C=O) groups is 1. The molecule has 0 radical (unpaired) electrons. The van der Waals surface area contributed by atoms with Gasteiger partial charge in [0, 0.05) is 26.6 Å². The number of aliphatic hydroxyl groups excluding tert-OH is 1. The van der Waals surface area contributed by atoms with Crippen LogP contribution >= 0.6 is 0 Å². The number of carbonyl (C=O) groups excluding carboxylic acids is 1. The molecular weight excluding hydrogens is 328 g/mol. The molecule has 3 aliphatic rings. The maximum absolute atomic E-state index is 13.5. The summed E-state index contributed by atoms with van der Waals surface area (Å²) >= 11 is 0. The number of aryl methyl sites for hydroxylation is 1. The van der Waals surface area contributed by atoms with Crippen LogP contribution in [0.1, 0.15) is 58.7 Å². The molecule has 2 saturated carbocycles. The number of likely N-dealkylation sites (tertiary alicyclic amines) is 1. The molecule has 26 heavy (non-hydrogen) atoms. The standard InChI is InChI=1S/C20H32N4O2/c1-18(2)19(3)7-8-20(18,12-15(19)25)17(26)24-9-5-14(6-10-24)11-16-22-21-13-23(16)4/h13-15,25H,5-12H2,1-4H3/t15-,19+,20-/m0/s1. The molecule has 3 fully saturated rings. The van der Waals surface area contributed by atoms with Crippen LogP contribution in [0.25, 0.3) is 0 Å². The van der Waals surface area contributed by atoms with Crippen LogP contribution in [0, 0.1) is 22.2 Å². The van der Waals surface area contributed by atoms with Gasteiger partial charge < -0.3 is 14.6 Å². The van der Waals surface area contributed by atoms with Gasteiger partial charge in [0.15, 0.2) is 0 Å². The molecule has 144 valence electrons. The molecule has 0 unspecified atom stereocenters. The second-order valence-electron chi connectivity index (χ2n) is 9.64. The van der Waals surface area contributed by atoms with Crippen LogP contribution in [0.2, 0.25) is 0 Å². The molecule has 2 aliphatic carbocycles. The van der Waals surface area contributed by atoms with Crippen molar-refractivity contribution in [3.63, 3.8) is 0 Å². The Bertz CT molecular complexity index is 706. The van der Waals surface area contributed by atoms with Crippen LogP contribution in [0.5, 0.6) is 0 Å². The molecule has 1 aliphatic heterocycles. The summed E-state index contributed by atoms with van der Waals surface area (Å²) in [4.78, 5) is 15.6. The Kier molecular flexibility index (Phi) is 3.99. The Labute approximate surface area is 156 Å². The average molecular weight is 361 g/mol. The van der Waals surface area contributed by atoms with Gasteiger partial charge in [0.05, 0.1) is 11.5 Å². The number of aromatic nitrogens is 3. The van der Waals surface area contributed by atoms with Gasteiger partial charge in [-0.1, -0.05) is 20.8 Å². The largest absolute Gasteiger partial charge is 0.393 e. The number of hydrogen-bond acceptors (Lipinski definition) is 4. The molecule has 0 spiro atoms. The summed E-state index contributed by atoms with van der Waals surface area (Å²) in [6, 6.07) is 0. The Balaban J connectivity index is 1.44. The Morgan fingerprint density at radius 1 is 1.27 bits per heavy atom. The second-order valence-corrected chi connectivity index (χ2v) is 9.64. The van der Waals surface area contributed by atoms with Gasteiger partial charge in [-0.3, -0.25) is 4.79 Å². The van der Waals surface area contributed by atoms with E-state index in [0.717, 1.165) is 51.0 Å². The van der Waals surface area contributed by atoms with Crippen LogP contribution in [0.3, 0.4) is 0 Å². The second kappa shape index (κ2) is 5.78. The van der Waals surface area contributed by atoms with Crippen molar-refractivity contribution in [1.82, 2.24) is 19.7 Å². The summed E-state index contributed by atoms with van der Waals surface area (Å²) in [6.07, 6.45) is 6.88. The highest BCUT2D eigenvalue weighted by Gasteiger charge is 2.72. The number of hydrogen-bond donors (Lipinski definition) is 1. The van der Waals surface area contributed by atoms with E-state index >= 15 is 0 Å². The van der Waals surface area contributed by atoms with E-state index in [4.69, 9.17) is 0 Å². The minimum Gasteiger partial charge on any atom is -0.393 e. The number of piperidine rings is 1. The van der Waals surface area contributed by atoms with Crippen LogP contribution in [0.15, 0.2) is 6.33 Å². The van der Waals surface area contributed by atoms with E-state index in [-0.39, 0.29) is 22.3 Å². The monoisotopic (exact) mass is 360 g/mol. The summed E-state index contributed by atoms with van der Waals surface area (Å²) in [6.45, 7) is 8.23. The highest BCUT2D eigenvalue weighted by molar-refractivity contribution is 5.85. The molecule has 2 bridgehead atoms. The molecule has 4 rings (SSSR count). The maximum Gasteiger partial charge on any atom is 0.229 e. The highest BCUT2D eigenvalue weighted by atomic mass is 16.3. The predicted molar refractivity (Wildman–Crippen MR) is 98.2 cm³/mol. The Morgan fingerprint density at radius 2 is 1.96 bits per heavy atom. The number of rotatable bonds is 3. The fourth-order valence-corrected chi connectivity index (χ4v) is 5.99. The predicted octanol–water partition coefficient (Wildman–Crippen LogP) is 2.17. The first-order valence-electron chi connectivity index (χ1n) is 10.0. The Hall–Kier alpha value is -1.43. The van der Waals surface area contributed by atoms with E-state index < -0.39 is 0 Å². The van der Waals surface area contributed by atoms with Crippen molar-refractivity contribution < 1.29 is 9.90 Å². The van der Waals surface area contributed by atoms with Crippen molar-refractivity contribution >= 4 is 5.91 Å². The van der Waals surface area contributed by atoms with Gasteiger partial charge in [-0.05, 0) is 48.9 Å². The topological polar surface area (TPSA) is 71.2 Å². The molecule has 0 aromatic carbocycles. The van der Waals surface area contributed by atoms with Crippen molar-refractivity contribution in [1.29, 1.82) is 0 Å². The summed E-state index contributed by atoms with van der Waals surface area (Å²) in [5, 5.41) is 18.8. The zero-order chi connectivity index (χ0) is 18.7. The third-order valence-corrected chi connectivity index (χ3v) is 8.56. The van der Waals surface area contributed by atoms with Gasteiger partial charge in [-0.15, -0.1) is 10.2 Å². The zero-order valence-corrected chi connectivity index (χ0v) is 16.5. The van der Waals surface area contributed by atoms with Gasteiger partial charge in [-0.25, -0.2) is 0 Å². The molecule has 6 nitrogen and oxygen atoms in total. The lowest BCUT2D eigenvalue weighted by Crippen LogP contribution is -2.51. The average Bonchev–Trinajstić information content (AvgIpc) is 3.14. The molecule has 1 aromatic heterocycles. The van der Waals surface area contributed by atoms with E-state index in [1.165, 1.54) is 0 Å². The number of aliphatic hydroxyl groups is 1. The molecule has 1 aromatic rings. The van der Waals surface area contributed by atoms with E-state index in [9.17, 15) is 9.90 Å². The first-order valence-corrected chi connectivity index (χ1v) is 10.0. The van der Waals surface area contributed by atoms with E-state index in [0.29, 0.717) is 18.2 Å². The molecule has 2 heterocycles. The fraction of sp³-hybridized carbons (Fsp3) is 0.850. The third kappa shape index (κ3) is 2.23. The lowest BCUT2D eigenvalue weighted by Gasteiger charge is -2.44. The van der Waals surface area contributed by atoms with Crippen molar-refractivity contribution in [3.05, 3.63) is 12.2 Å². The fourth-order valence-electron chi connectivity index (χ4n) is 5.99. The van der Waals surface area contributed by atoms with Gasteiger partial charge in [0.1, 0.15) is 12.2 Å². The van der Waals surface area contributed by atoms with E-state index in [1.807, 2.05) is 11.6 Å². The lowest BCUT2D eigenvalue weighted by atomic mass is 9.64. The highest BCUT2D eigenvalue weighted by Crippen LogP contribution is 2.72. The van der Waals surface area contributed by atoms with Crippen LogP contribution < -0.4 is 0 Å². The maximum atomic E-state index is 13.5. The summed E-state index contributed by atoms with van der Waals surface area (Å²) < 4.78 is 1.98. The number of amides is 1. The third-order valence-electron chi connectivity index (χ3n) is 8.56. The summed E-state index contributed by atoms with van der Waals surface area (Å²) in [5.41, 5.74) is -0.657. The quantitative estimate of drug-likeness (QED) is 0.897. The first-order chi connectivity index (χ1) is 12.2. The summed E-state index contributed by atoms with van der Waals surface area (Å²) in [5.74, 6) is 1.88. The van der Waals surface area contributed by atoms with Crippen LogP contribution in [0.4, 0.5) is 0 Å². The molecule has 1 amide bonds. The Morgan fingerprint density at radius 3 is 2.46 bits per heavy atom. The summed E-state index contributed by atoms with van der Waals surface area (Å²) in [7, 11) is 1.98. The minimum atomic E-state index is -0.377. The zero-order valence-electron chi connectivity index (χ0n) is 16.5. The van der Waals surface area contributed by atoms with E-state index in [2.05, 4.69) is 35.9 Å². The van der Waals surface area contributed by atoms with Gasteiger partial charge >= 0.3 is 0 Å². The van der Waals surface area contributed by atoms with Crippen LogP contribution in [-0.2, 0) is 18.3 Å². The molecule has 1 N–H and O–H groups in total. The molecule has 3 atom stereocenters. The van der Waals surface area contributed by atoms with Crippen LogP contribution in [-0.4, -0.2) is 49.9 Å². The SMILES string of the molecule is Cn1cnnc1CC1CCN(C(=O)[C@]23CC[C@](C)([C@@H](O)C2)C3(C)C)CC1. The molecular formula is C20H32N4O2. The minimum absolute atomic E-state index is 0.133. The first kappa shape index (κ1) is 18.0. The smallest absolute Gasteiger partial charge is 0.229 e. The van der Waals surface area contributed by atoms with E-state index in [1.54, 1.807) is 6.33 Å². The molecule has 6 heteroatoms. The van der Waals surface area contributed by atoms with Gasteiger partial charge in [0.25, 0.3) is 0 Å².